The number of ether oxygens (including phenoxy) is 2. The third-order valence-corrected chi connectivity index (χ3v) is 5.76. The van der Waals surface area contributed by atoms with Crippen LogP contribution in [0.1, 0.15) is 17.5 Å². The Hall–Kier alpha value is -2.62. The number of benzene rings is 1. The van der Waals surface area contributed by atoms with Crippen molar-refractivity contribution in [3.05, 3.63) is 46.7 Å². The van der Waals surface area contributed by atoms with E-state index in [0.29, 0.717) is 56.6 Å². The van der Waals surface area contributed by atoms with E-state index in [1.165, 1.54) is 4.90 Å². The zero-order valence-corrected chi connectivity index (χ0v) is 18.2. The van der Waals surface area contributed by atoms with Crippen LogP contribution in [0.15, 0.2) is 30.3 Å². The van der Waals surface area contributed by atoms with E-state index in [-0.39, 0.29) is 24.6 Å². The van der Waals surface area contributed by atoms with Gasteiger partial charge in [0.05, 0.1) is 30.5 Å². The highest BCUT2D eigenvalue weighted by Gasteiger charge is 2.30. The van der Waals surface area contributed by atoms with Crippen LogP contribution < -0.4 is 10.1 Å². The van der Waals surface area contributed by atoms with Crippen molar-refractivity contribution >= 4 is 23.5 Å². The Labute approximate surface area is 185 Å². The molecular weight excluding hydrogens is 422 g/mol. The normalized spacial score (nSPS) is 19.5. The second-order valence-electron chi connectivity index (χ2n) is 7.58. The molecule has 2 aliphatic heterocycles. The molecule has 1 aromatic heterocycles. The predicted molar refractivity (Wildman–Crippen MR) is 114 cm³/mol. The molecule has 166 valence electrons. The van der Waals surface area contributed by atoms with Crippen LogP contribution in [0.5, 0.6) is 5.75 Å². The Morgan fingerprint density at radius 2 is 2.19 bits per heavy atom. The number of halogens is 1. The molecule has 2 fully saturated rings. The van der Waals surface area contributed by atoms with E-state index >= 15 is 0 Å². The van der Waals surface area contributed by atoms with Crippen LogP contribution in [0.4, 0.5) is 4.79 Å². The SMILES string of the molecule is Cn1nc([C@H]2CN(CC(=O)N3CCNC3=O)CCO2)cc1CCOc1ccccc1Cl. The van der Waals surface area contributed by atoms with Crippen LogP contribution in [0, 0.1) is 0 Å². The van der Waals surface area contributed by atoms with E-state index < -0.39 is 0 Å². The number of hydrogen-bond donors (Lipinski definition) is 1. The van der Waals surface area contributed by atoms with E-state index in [1.807, 2.05) is 40.9 Å². The summed E-state index contributed by atoms with van der Waals surface area (Å²) in [6.45, 7) is 3.30. The summed E-state index contributed by atoms with van der Waals surface area (Å²) in [6, 6.07) is 9.09. The lowest BCUT2D eigenvalue weighted by molar-refractivity contribution is -0.130. The number of aromatic nitrogens is 2. The van der Waals surface area contributed by atoms with E-state index in [0.717, 1.165) is 11.4 Å². The van der Waals surface area contributed by atoms with Gasteiger partial charge in [0, 0.05) is 45.3 Å². The van der Waals surface area contributed by atoms with Crippen molar-refractivity contribution in [2.24, 2.45) is 7.05 Å². The van der Waals surface area contributed by atoms with E-state index in [2.05, 4.69) is 10.4 Å². The van der Waals surface area contributed by atoms with Gasteiger partial charge in [-0.1, -0.05) is 23.7 Å². The molecule has 1 N–H and O–H groups in total. The second-order valence-corrected chi connectivity index (χ2v) is 7.99. The van der Waals surface area contributed by atoms with Gasteiger partial charge in [-0.15, -0.1) is 0 Å². The first-order chi connectivity index (χ1) is 15.0. The summed E-state index contributed by atoms with van der Waals surface area (Å²) >= 11 is 6.13. The van der Waals surface area contributed by atoms with Gasteiger partial charge < -0.3 is 14.8 Å². The van der Waals surface area contributed by atoms with Gasteiger partial charge in [-0.2, -0.15) is 5.10 Å². The van der Waals surface area contributed by atoms with Crippen molar-refractivity contribution in [2.75, 3.05) is 45.9 Å². The van der Waals surface area contributed by atoms with E-state index in [4.69, 9.17) is 21.1 Å². The van der Waals surface area contributed by atoms with Gasteiger partial charge in [-0.25, -0.2) is 4.79 Å². The molecule has 9 nitrogen and oxygen atoms in total. The zero-order chi connectivity index (χ0) is 21.8. The lowest BCUT2D eigenvalue weighted by Gasteiger charge is -2.32. The van der Waals surface area contributed by atoms with Gasteiger partial charge >= 0.3 is 6.03 Å². The Morgan fingerprint density at radius 1 is 1.35 bits per heavy atom. The molecule has 0 saturated carbocycles. The van der Waals surface area contributed by atoms with Crippen molar-refractivity contribution in [1.29, 1.82) is 0 Å². The lowest BCUT2D eigenvalue weighted by atomic mass is 10.2. The lowest BCUT2D eigenvalue weighted by Crippen LogP contribution is -2.46. The molecule has 2 aromatic rings. The third kappa shape index (κ3) is 5.17. The topological polar surface area (TPSA) is 88.9 Å². The number of nitrogens with one attached hydrogen (secondary N) is 1. The Morgan fingerprint density at radius 3 is 2.97 bits per heavy atom. The average molecular weight is 448 g/mol. The number of urea groups is 1. The highest BCUT2D eigenvalue weighted by molar-refractivity contribution is 6.32. The number of carbonyl (C=O) groups is 2. The maximum Gasteiger partial charge on any atom is 0.324 e. The molecule has 4 rings (SSSR count). The first kappa shape index (κ1) is 21.6. The molecule has 0 bridgehead atoms. The van der Waals surface area contributed by atoms with Crippen molar-refractivity contribution in [2.45, 2.75) is 12.5 Å². The Bertz CT molecular complexity index is 950. The summed E-state index contributed by atoms with van der Waals surface area (Å²) in [5, 5.41) is 7.85. The minimum absolute atomic E-state index is 0.186. The molecule has 3 heterocycles. The molecule has 1 atom stereocenters. The fraction of sp³-hybridized carbons (Fsp3) is 0.476. The van der Waals surface area contributed by atoms with Crippen LogP contribution in [0.25, 0.3) is 0 Å². The standard InChI is InChI=1S/C21H26ClN5O4/c1-25-15(6-10-30-18-5-3-2-4-16(18)22)12-17(24-25)19-13-26(9-11-31-19)14-20(28)27-8-7-23-21(27)29/h2-5,12,19H,6-11,13-14H2,1H3,(H,23,29)/t19-/m1/s1. The third-order valence-electron chi connectivity index (χ3n) is 5.45. The van der Waals surface area contributed by atoms with Gasteiger partial charge in [-0.3, -0.25) is 19.3 Å². The molecule has 0 radical (unpaired) electrons. The van der Waals surface area contributed by atoms with Gasteiger partial charge in [0.25, 0.3) is 0 Å². The molecule has 3 amide bonds. The molecule has 0 unspecified atom stereocenters. The van der Waals surface area contributed by atoms with Crippen LogP contribution in [0.2, 0.25) is 5.02 Å². The molecular formula is C21H26ClN5O4. The van der Waals surface area contributed by atoms with Crippen LogP contribution in [-0.4, -0.2) is 77.5 Å². The Kier molecular flexibility index (Phi) is 6.74. The second kappa shape index (κ2) is 9.67. The quantitative estimate of drug-likeness (QED) is 0.693. The molecule has 1 aromatic carbocycles. The minimum Gasteiger partial charge on any atom is -0.492 e. The van der Waals surface area contributed by atoms with Crippen LogP contribution in [-0.2, 0) is 23.0 Å². The maximum atomic E-state index is 12.4. The number of morpholine rings is 1. The zero-order valence-electron chi connectivity index (χ0n) is 17.4. The number of hydrogen-bond acceptors (Lipinski definition) is 6. The number of amides is 3. The van der Waals surface area contributed by atoms with E-state index in [1.54, 1.807) is 6.07 Å². The molecule has 0 spiro atoms. The summed E-state index contributed by atoms with van der Waals surface area (Å²) < 4.78 is 13.5. The number of imide groups is 1. The van der Waals surface area contributed by atoms with E-state index in [9.17, 15) is 9.59 Å². The van der Waals surface area contributed by atoms with Crippen molar-refractivity contribution in [1.82, 2.24) is 24.9 Å². The summed E-state index contributed by atoms with van der Waals surface area (Å²) in [7, 11) is 1.89. The maximum absolute atomic E-state index is 12.4. The first-order valence-electron chi connectivity index (χ1n) is 10.3. The predicted octanol–water partition coefficient (Wildman–Crippen LogP) is 1.62. The smallest absolute Gasteiger partial charge is 0.324 e. The van der Waals surface area contributed by atoms with Gasteiger partial charge in [0.15, 0.2) is 0 Å². The molecule has 31 heavy (non-hydrogen) atoms. The number of nitrogens with zero attached hydrogens (tertiary/aromatic N) is 4. The van der Waals surface area contributed by atoms with Crippen molar-refractivity contribution in [3.8, 4) is 5.75 Å². The molecule has 2 aliphatic rings. The summed E-state index contributed by atoms with van der Waals surface area (Å²) in [4.78, 5) is 27.4. The number of para-hydroxylation sites is 1. The molecule has 10 heteroatoms. The monoisotopic (exact) mass is 447 g/mol. The van der Waals surface area contributed by atoms with Crippen LogP contribution in [0.3, 0.4) is 0 Å². The van der Waals surface area contributed by atoms with Crippen molar-refractivity contribution in [3.63, 3.8) is 0 Å². The largest absolute Gasteiger partial charge is 0.492 e. The number of carbonyl (C=O) groups excluding carboxylic acids is 2. The van der Waals surface area contributed by atoms with Crippen molar-refractivity contribution < 1.29 is 19.1 Å². The number of rotatable bonds is 7. The highest BCUT2D eigenvalue weighted by atomic mass is 35.5. The summed E-state index contributed by atoms with van der Waals surface area (Å²) in [6.07, 6.45) is 0.451. The summed E-state index contributed by atoms with van der Waals surface area (Å²) in [5.41, 5.74) is 1.85. The fourth-order valence-corrected chi connectivity index (χ4v) is 3.95. The summed E-state index contributed by atoms with van der Waals surface area (Å²) in [5.74, 6) is 0.475. The highest BCUT2D eigenvalue weighted by Crippen LogP contribution is 2.24. The Balaban J connectivity index is 1.32. The number of aryl methyl sites for hydroxylation is 1. The van der Waals surface area contributed by atoms with Gasteiger partial charge in [-0.05, 0) is 18.2 Å². The molecule has 0 aliphatic carbocycles. The minimum atomic E-state index is -0.316. The molecule has 2 saturated heterocycles. The fourth-order valence-electron chi connectivity index (χ4n) is 3.76. The van der Waals surface area contributed by atoms with Crippen LogP contribution >= 0.6 is 11.6 Å². The average Bonchev–Trinajstić information content (AvgIpc) is 3.35. The van der Waals surface area contributed by atoms with Gasteiger partial charge in [0.1, 0.15) is 11.9 Å². The van der Waals surface area contributed by atoms with Gasteiger partial charge in [0.2, 0.25) is 5.91 Å². The first-order valence-corrected chi connectivity index (χ1v) is 10.7.